The van der Waals surface area contributed by atoms with E-state index in [1.165, 1.54) is 31.2 Å². The zero-order valence-corrected chi connectivity index (χ0v) is 10.1. The predicted molar refractivity (Wildman–Crippen MR) is 65.3 cm³/mol. The number of pyridine rings is 1. The number of rotatable bonds is 2. The molecule has 0 aliphatic carbocycles. The van der Waals surface area contributed by atoms with Gasteiger partial charge in [-0.05, 0) is 25.1 Å². The molecule has 19 heavy (non-hydrogen) atoms. The Labute approximate surface area is 108 Å². The summed E-state index contributed by atoms with van der Waals surface area (Å²) >= 11 is 0. The minimum absolute atomic E-state index is 0.0116. The molecule has 1 aromatic heterocycles. The van der Waals surface area contributed by atoms with Crippen LogP contribution in [0.25, 0.3) is 11.3 Å². The molecule has 0 amide bonds. The molecule has 0 spiro atoms. The summed E-state index contributed by atoms with van der Waals surface area (Å²) in [5, 5.41) is 9.44. The summed E-state index contributed by atoms with van der Waals surface area (Å²) in [5.41, 5.74) is -0.177. The fourth-order valence-electron chi connectivity index (χ4n) is 1.79. The van der Waals surface area contributed by atoms with E-state index in [2.05, 4.69) is 4.98 Å². The van der Waals surface area contributed by atoms with Crippen molar-refractivity contribution in [3.63, 3.8) is 0 Å². The second-order valence-corrected chi connectivity index (χ2v) is 4.17. The minimum atomic E-state index is -4.43. The monoisotopic (exact) mass is 267 g/mol. The summed E-state index contributed by atoms with van der Waals surface area (Å²) in [6.45, 7) is 1.52. The van der Waals surface area contributed by atoms with Gasteiger partial charge in [0.05, 0.1) is 23.1 Å². The third-order valence-electron chi connectivity index (χ3n) is 2.71. The highest BCUT2D eigenvalue weighted by atomic mass is 19.4. The van der Waals surface area contributed by atoms with Gasteiger partial charge in [-0.2, -0.15) is 13.2 Å². The Kier molecular flexibility index (Phi) is 3.57. The standard InChI is InChI=1S/C14H12F3NO/c1-9(19)12-7-4-8-13(18-12)10-5-2-3-6-11(10)14(15,16)17/h2-9,19H,1H3. The molecule has 0 saturated carbocycles. The van der Waals surface area contributed by atoms with Gasteiger partial charge in [0.15, 0.2) is 0 Å². The number of halogens is 3. The van der Waals surface area contributed by atoms with Crippen molar-refractivity contribution in [1.82, 2.24) is 4.98 Å². The number of aliphatic hydroxyl groups excluding tert-OH is 1. The van der Waals surface area contributed by atoms with Gasteiger partial charge in [0.25, 0.3) is 0 Å². The summed E-state index contributed by atoms with van der Waals surface area (Å²) < 4.78 is 38.7. The summed E-state index contributed by atoms with van der Waals surface area (Å²) in [6.07, 6.45) is -5.25. The molecule has 1 heterocycles. The first-order chi connectivity index (χ1) is 8.89. The maximum Gasteiger partial charge on any atom is 0.417 e. The van der Waals surface area contributed by atoms with E-state index < -0.39 is 17.8 Å². The van der Waals surface area contributed by atoms with Crippen molar-refractivity contribution in [2.75, 3.05) is 0 Å². The van der Waals surface area contributed by atoms with Crippen LogP contribution >= 0.6 is 0 Å². The normalized spacial score (nSPS) is 13.3. The molecule has 1 aromatic carbocycles. The zero-order chi connectivity index (χ0) is 14.0. The molecule has 0 saturated heterocycles. The topological polar surface area (TPSA) is 33.1 Å². The van der Waals surface area contributed by atoms with Gasteiger partial charge < -0.3 is 5.11 Å². The van der Waals surface area contributed by atoms with E-state index in [4.69, 9.17) is 0 Å². The fraction of sp³-hybridized carbons (Fsp3) is 0.214. The van der Waals surface area contributed by atoms with Crippen LogP contribution in [-0.4, -0.2) is 10.1 Å². The SMILES string of the molecule is CC(O)c1cccc(-c2ccccc2C(F)(F)F)n1. The summed E-state index contributed by atoms with van der Waals surface area (Å²) in [4.78, 5) is 4.07. The van der Waals surface area contributed by atoms with Crippen molar-refractivity contribution >= 4 is 0 Å². The summed E-state index contributed by atoms with van der Waals surface area (Å²) in [5.74, 6) is 0. The van der Waals surface area contributed by atoms with Crippen LogP contribution in [0.15, 0.2) is 42.5 Å². The van der Waals surface area contributed by atoms with Gasteiger partial charge >= 0.3 is 6.18 Å². The second-order valence-electron chi connectivity index (χ2n) is 4.17. The predicted octanol–water partition coefficient (Wildman–Crippen LogP) is 3.82. The lowest BCUT2D eigenvalue weighted by Gasteiger charge is -2.13. The molecular weight excluding hydrogens is 255 g/mol. The third kappa shape index (κ3) is 2.93. The van der Waals surface area contributed by atoms with Crippen LogP contribution in [0.3, 0.4) is 0 Å². The van der Waals surface area contributed by atoms with E-state index in [-0.39, 0.29) is 11.3 Å². The van der Waals surface area contributed by atoms with Crippen LogP contribution in [0.4, 0.5) is 13.2 Å². The summed E-state index contributed by atoms with van der Waals surface area (Å²) in [7, 11) is 0. The van der Waals surface area contributed by atoms with Crippen molar-refractivity contribution in [1.29, 1.82) is 0 Å². The lowest BCUT2D eigenvalue weighted by Crippen LogP contribution is -2.07. The maximum atomic E-state index is 12.9. The average Bonchev–Trinajstić information content (AvgIpc) is 2.38. The van der Waals surface area contributed by atoms with Crippen molar-refractivity contribution < 1.29 is 18.3 Å². The minimum Gasteiger partial charge on any atom is -0.387 e. The average molecular weight is 267 g/mol. The zero-order valence-electron chi connectivity index (χ0n) is 10.1. The number of alkyl halides is 3. The Hall–Kier alpha value is -1.88. The first-order valence-corrected chi connectivity index (χ1v) is 5.71. The number of nitrogens with zero attached hydrogens (tertiary/aromatic N) is 1. The van der Waals surface area contributed by atoms with Crippen LogP contribution in [0.1, 0.15) is 24.3 Å². The van der Waals surface area contributed by atoms with Crippen LogP contribution in [0.5, 0.6) is 0 Å². The van der Waals surface area contributed by atoms with Crippen LogP contribution < -0.4 is 0 Å². The largest absolute Gasteiger partial charge is 0.417 e. The quantitative estimate of drug-likeness (QED) is 0.897. The molecule has 0 aliphatic rings. The number of aliphatic hydroxyl groups is 1. The molecule has 2 nitrogen and oxygen atoms in total. The molecule has 5 heteroatoms. The maximum absolute atomic E-state index is 12.9. The van der Waals surface area contributed by atoms with E-state index >= 15 is 0 Å². The van der Waals surface area contributed by atoms with Crippen molar-refractivity contribution in [2.45, 2.75) is 19.2 Å². The molecule has 2 rings (SSSR count). The Balaban J connectivity index is 2.56. The van der Waals surface area contributed by atoms with Crippen LogP contribution in [0, 0.1) is 0 Å². The van der Waals surface area contributed by atoms with Gasteiger partial charge in [-0.1, -0.05) is 24.3 Å². The molecule has 1 N–H and O–H groups in total. The van der Waals surface area contributed by atoms with Crippen molar-refractivity contribution in [3.8, 4) is 11.3 Å². The first kappa shape index (κ1) is 13.5. The number of benzene rings is 1. The van der Waals surface area contributed by atoms with E-state index in [9.17, 15) is 18.3 Å². The Morgan fingerprint density at radius 1 is 1.05 bits per heavy atom. The van der Waals surface area contributed by atoms with Gasteiger partial charge in [0, 0.05) is 5.56 Å². The number of hydrogen-bond donors (Lipinski definition) is 1. The van der Waals surface area contributed by atoms with Crippen molar-refractivity contribution in [3.05, 3.63) is 53.7 Å². The van der Waals surface area contributed by atoms with Crippen molar-refractivity contribution in [2.24, 2.45) is 0 Å². The Morgan fingerprint density at radius 3 is 2.37 bits per heavy atom. The highest BCUT2D eigenvalue weighted by molar-refractivity contribution is 5.64. The smallest absolute Gasteiger partial charge is 0.387 e. The molecule has 0 fully saturated rings. The number of hydrogen-bond acceptors (Lipinski definition) is 2. The van der Waals surface area contributed by atoms with Gasteiger partial charge in [0.1, 0.15) is 0 Å². The van der Waals surface area contributed by atoms with Crippen LogP contribution in [0.2, 0.25) is 0 Å². The molecule has 1 unspecified atom stereocenters. The fourth-order valence-corrected chi connectivity index (χ4v) is 1.79. The van der Waals surface area contributed by atoms with Gasteiger partial charge in [-0.25, -0.2) is 0 Å². The van der Waals surface area contributed by atoms with Gasteiger partial charge in [0.2, 0.25) is 0 Å². The molecule has 2 aromatic rings. The lowest BCUT2D eigenvalue weighted by molar-refractivity contribution is -0.137. The molecule has 0 radical (unpaired) electrons. The molecule has 100 valence electrons. The van der Waals surface area contributed by atoms with Gasteiger partial charge in [-0.15, -0.1) is 0 Å². The van der Waals surface area contributed by atoms with Gasteiger partial charge in [-0.3, -0.25) is 4.98 Å². The molecule has 1 atom stereocenters. The van der Waals surface area contributed by atoms with E-state index in [1.807, 2.05) is 0 Å². The molecule has 0 aliphatic heterocycles. The van der Waals surface area contributed by atoms with E-state index in [0.717, 1.165) is 6.07 Å². The second kappa shape index (κ2) is 5.01. The Bertz CT molecular complexity index is 579. The van der Waals surface area contributed by atoms with E-state index in [1.54, 1.807) is 12.1 Å². The summed E-state index contributed by atoms with van der Waals surface area (Å²) in [6, 6.07) is 9.91. The Morgan fingerprint density at radius 2 is 1.74 bits per heavy atom. The molecule has 0 bridgehead atoms. The lowest BCUT2D eigenvalue weighted by atomic mass is 10.0. The number of aromatic nitrogens is 1. The highest BCUT2D eigenvalue weighted by Gasteiger charge is 2.33. The van der Waals surface area contributed by atoms with E-state index in [0.29, 0.717) is 5.69 Å². The third-order valence-corrected chi connectivity index (χ3v) is 2.71. The highest BCUT2D eigenvalue weighted by Crippen LogP contribution is 2.36. The molecular formula is C14H12F3NO. The van der Waals surface area contributed by atoms with Crippen LogP contribution in [-0.2, 0) is 6.18 Å². The first-order valence-electron chi connectivity index (χ1n) is 5.71.